The first-order valence-corrected chi connectivity index (χ1v) is 4.17. The first kappa shape index (κ1) is 11.0. The Labute approximate surface area is 87.2 Å². The highest BCUT2D eigenvalue weighted by Gasteiger charge is 2.28. The fraction of sp³-hybridized carbons (Fsp3) is 0.143. The van der Waals surface area contributed by atoms with E-state index in [0.29, 0.717) is 12.1 Å². The lowest BCUT2D eigenvalue weighted by molar-refractivity contribution is 0.490. The Morgan fingerprint density at radius 3 is 1.77 bits per heavy atom. The first-order valence-electron chi connectivity index (χ1n) is 3.04. The van der Waals surface area contributed by atoms with E-state index in [1.54, 1.807) is 0 Å². The lowest BCUT2D eigenvalue weighted by Crippen LogP contribution is -2.05. The number of rotatable bonds is 0. The van der Waals surface area contributed by atoms with Crippen molar-refractivity contribution in [1.29, 1.82) is 0 Å². The van der Waals surface area contributed by atoms with Crippen LogP contribution in [-0.2, 0) is 3.79 Å². The summed E-state index contributed by atoms with van der Waals surface area (Å²) in [7, 11) is 0. The average Bonchev–Trinajstić information content (AvgIpc) is 1.94. The van der Waals surface area contributed by atoms with E-state index in [2.05, 4.69) is 0 Å². The van der Waals surface area contributed by atoms with Crippen LogP contribution in [0.2, 0.25) is 0 Å². The molecule has 0 saturated heterocycles. The van der Waals surface area contributed by atoms with Crippen LogP contribution in [0, 0.1) is 17.5 Å². The van der Waals surface area contributed by atoms with Crippen LogP contribution in [0.25, 0.3) is 0 Å². The Morgan fingerprint density at radius 2 is 1.31 bits per heavy atom. The summed E-state index contributed by atoms with van der Waals surface area (Å²) < 4.78 is 35.7. The third kappa shape index (κ3) is 2.42. The van der Waals surface area contributed by atoms with E-state index in [4.69, 9.17) is 34.8 Å². The molecule has 0 bridgehead atoms. The maximum Gasteiger partial charge on any atom is 0.218 e. The van der Waals surface area contributed by atoms with E-state index in [1.807, 2.05) is 0 Å². The molecule has 6 heteroatoms. The monoisotopic (exact) mass is 248 g/mol. The van der Waals surface area contributed by atoms with Gasteiger partial charge in [-0.3, -0.25) is 0 Å². The molecule has 0 amide bonds. The highest BCUT2D eigenvalue weighted by Crippen LogP contribution is 2.39. The molecule has 0 fully saturated rings. The second kappa shape index (κ2) is 3.56. The third-order valence-corrected chi connectivity index (χ3v) is 1.93. The Hall–Kier alpha value is -0.120. The Bertz CT molecular complexity index is 332. The molecule has 13 heavy (non-hydrogen) atoms. The zero-order valence-electron chi connectivity index (χ0n) is 5.92. The van der Waals surface area contributed by atoms with Gasteiger partial charge in [-0.1, -0.05) is 34.8 Å². The Kier molecular flexibility index (Phi) is 3.00. The van der Waals surface area contributed by atoms with Crippen molar-refractivity contribution in [1.82, 2.24) is 0 Å². The van der Waals surface area contributed by atoms with Crippen LogP contribution in [0.4, 0.5) is 13.2 Å². The number of halogens is 6. The van der Waals surface area contributed by atoms with E-state index in [9.17, 15) is 13.2 Å². The standard InChI is InChI=1S/C7H2Cl3F3/c8-7(9,10)3-1-5(12)6(13)2-4(3)11/h1-2H. The summed E-state index contributed by atoms with van der Waals surface area (Å²) in [6.07, 6.45) is 0. The molecule has 0 spiro atoms. The molecule has 0 saturated carbocycles. The van der Waals surface area contributed by atoms with Gasteiger partial charge in [-0.25, -0.2) is 13.2 Å². The molecule has 0 N–H and O–H groups in total. The fourth-order valence-corrected chi connectivity index (χ4v) is 1.17. The predicted molar refractivity (Wildman–Crippen MR) is 45.6 cm³/mol. The first-order chi connectivity index (χ1) is 5.82. The maximum atomic E-state index is 12.9. The maximum absolute atomic E-state index is 12.9. The number of benzene rings is 1. The molecular formula is C7H2Cl3F3. The summed E-state index contributed by atoms with van der Waals surface area (Å²) in [5.74, 6) is -3.68. The van der Waals surface area contributed by atoms with Crippen LogP contribution in [0.3, 0.4) is 0 Å². The van der Waals surface area contributed by atoms with Gasteiger partial charge in [-0.15, -0.1) is 0 Å². The van der Waals surface area contributed by atoms with Gasteiger partial charge in [0, 0.05) is 11.6 Å². The zero-order chi connectivity index (χ0) is 10.2. The molecule has 0 aliphatic heterocycles. The highest BCUT2D eigenvalue weighted by molar-refractivity contribution is 6.66. The molecule has 72 valence electrons. The number of alkyl halides is 3. The normalized spacial score (nSPS) is 11.8. The van der Waals surface area contributed by atoms with E-state index in [0.717, 1.165) is 0 Å². The van der Waals surface area contributed by atoms with Gasteiger partial charge >= 0.3 is 0 Å². The van der Waals surface area contributed by atoms with Gasteiger partial charge in [-0.05, 0) is 6.07 Å². The van der Waals surface area contributed by atoms with Gasteiger partial charge in [0.25, 0.3) is 0 Å². The van der Waals surface area contributed by atoms with E-state index in [1.165, 1.54) is 0 Å². The minimum absolute atomic E-state index is 0.326. The summed E-state index contributed by atoms with van der Waals surface area (Å²) in [4.78, 5) is 0. The lowest BCUT2D eigenvalue weighted by atomic mass is 10.2. The third-order valence-electron chi connectivity index (χ3n) is 1.32. The summed E-state index contributed by atoms with van der Waals surface area (Å²) in [5, 5.41) is 0. The second-order valence-electron chi connectivity index (χ2n) is 2.24. The van der Waals surface area contributed by atoms with E-state index >= 15 is 0 Å². The van der Waals surface area contributed by atoms with Crippen LogP contribution in [0.15, 0.2) is 12.1 Å². The molecule has 0 aliphatic carbocycles. The van der Waals surface area contributed by atoms with Crippen molar-refractivity contribution in [3.05, 3.63) is 35.1 Å². The van der Waals surface area contributed by atoms with Crippen molar-refractivity contribution >= 4 is 34.8 Å². The van der Waals surface area contributed by atoms with E-state index < -0.39 is 26.8 Å². The van der Waals surface area contributed by atoms with Crippen LogP contribution in [0.1, 0.15) is 5.56 Å². The Morgan fingerprint density at radius 1 is 0.846 bits per heavy atom. The van der Waals surface area contributed by atoms with Crippen LogP contribution < -0.4 is 0 Å². The second-order valence-corrected chi connectivity index (χ2v) is 4.53. The van der Waals surface area contributed by atoms with Crippen molar-refractivity contribution < 1.29 is 13.2 Å². The largest absolute Gasteiger partial charge is 0.218 e. The highest BCUT2D eigenvalue weighted by atomic mass is 35.6. The van der Waals surface area contributed by atoms with Crippen LogP contribution in [0.5, 0.6) is 0 Å². The van der Waals surface area contributed by atoms with Gasteiger partial charge in [0.2, 0.25) is 3.79 Å². The predicted octanol–water partition coefficient (Wildman–Crippen LogP) is 3.93. The van der Waals surface area contributed by atoms with Gasteiger partial charge in [-0.2, -0.15) is 0 Å². The van der Waals surface area contributed by atoms with Crippen LogP contribution in [-0.4, -0.2) is 0 Å². The summed E-state index contributed by atoms with van der Waals surface area (Å²) in [5.41, 5.74) is -0.517. The molecule has 0 heterocycles. The van der Waals surface area contributed by atoms with Crippen molar-refractivity contribution in [3.63, 3.8) is 0 Å². The number of hydrogen-bond acceptors (Lipinski definition) is 0. The van der Waals surface area contributed by atoms with Crippen molar-refractivity contribution in [2.45, 2.75) is 3.79 Å². The molecule has 0 unspecified atom stereocenters. The van der Waals surface area contributed by atoms with Gasteiger partial charge < -0.3 is 0 Å². The molecular weight excluding hydrogens is 247 g/mol. The number of hydrogen-bond donors (Lipinski definition) is 0. The zero-order valence-corrected chi connectivity index (χ0v) is 8.19. The van der Waals surface area contributed by atoms with Crippen LogP contribution >= 0.6 is 34.8 Å². The fourth-order valence-electron chi connectivity index (χ4n) is 0.740. The quantitative estimate of drug-likeness (QED) is 0.483. The molecule has 0 nitrogen and oxygen atoms in total. The van der Waals surface area contributed by atoms with Gasteiger partial charge in [0.1, 0.15) is 5.82 Å². The Balaban J connectivity index is 3.32. The van der Waals surface area contributed by atoms with Crippen molar-refractivity contribution in [3.8, 4) is 0 Å². The SMILES string of the molecule is Fc1cc(F)c(C(Cl)(Cl)Cl)cc1F. The topological polar surface area (TPSA) is 0 Å². The lowest BCUT2D eigenvalue weighted by Gasteiger charge is -2.12. The molecule has 0 atom stereocenters. The van der Waals surface area contributed by atoms with Crippen molar-refractivity contribution in [2.24, 2.45) is 0 Å². The molecule has 1 aromatic rings. The minimum atomic E-state index is -2.10. The molecule has 0 aromatic heterocycles. The van der Waals surface area contributed by atoms with Crippen molar-refractivity contribution in [2.75, 3.05) is 0 Å². The molecule has 1 rings (SSSR count). The average molecular weight is 249 g/mol. The molecule has 1 aromatic carbocycles. The van der Waals surface area contributed by atoms with E-state index in [-0.39, 0.29) is 0 Å². The summed E-state index contributed by atoms with van der Waals surface area (Å²) >= 11 is 15.9. The molecule has 0 aliphatic rings. The summed E-state index contributed by atoms with van der Waals surface area (Å²) in [6, 6.07) is 0.838. The van der Waals surface area contributed by atoms with Gasteiger partial charge in [0.15, 0.2) is 11.6 Å². The summed E-state index contributed by atoms with van der Waals surface area (Å²) in [6.45, 7) is 0. The van der Waals surface area contributed by atoms with Gasteiger partial charge in [0.05, 0.1) is 0 Å². The minimum Gasteiger partial charge on any atom is -0.206 e. The molecule has 0 radical (unpaired) electrons. The smallest absolute Gasteiger partial charge is 0.206 e.